The van der Waals surface area contributed by atoms with E-state index in [1.807, 2.05) is 13.0 Å². The molecule has 0 aromatic heterocycles. The van der Waals surface area contributed by atoms with Crippen LogP contribution in [0, 0.1) is 5.92 Å². The molecule has 2 aliphatic rings. The van der Waals surface area contributed by atoms with Gasteiger partial charge >= 0.3 is 0 Å². The van der Waals surface area contributed by atoms with E-state index in [-0.39, 0.29) is 24.1 Å². The third kappa shape index (κ3) is 3.42. The Bertz CT molecular complexity index is 542. The predicted molar refractivity (Wildman–Crippen MR) is 91.7 cm³/mol. The zero-order chi connectivity index (χ0) is 14.8. The molecule has 1 aliphatic heterocycles. The number of carbonyl (C=O) groups is 1. The molecule has 3 nitrogen and oxygen atoms in total. The number of likely N-dealkylation sites (tertiary alicyclic amines) is 1. The van der Waals surface area contributed by atoms with Gasteiger partial charge in [-0.25, -0.2) is 0 Å². The molecule has 1 aliphatic carbocycles. The fourth-order valence-corrected chi connectivity index (χ4v) is 3.78. The van der Waals surface area contributed by atoms with E-state index in [2.05, 4.69) is 4.90 Å². The maximum Gasteiger partial charge on any atom is 0.169 e. The highest BCUT2D eigenvalue weighted by atomic mass is 35.5. The van der Waals surface area contributed by atoms with Crippen molar-refractivity contribution >= 4 is 29.8 Å². The lowest BCUT2D eigenvalue weighted by molar-refractivity contribution is 0.0867. The smallest absolute Gasteiger partial charge is 0.169 e. The number of rotatable bonds is 4. The lowest BCUT2D eigenvalue weighted by Crippen LogP contribution is -2.34. The molecule has 0 amide bonds. The predicted octanol–water partition coefficient (Wildman–Crippen LogP) is 4.00. The van der Waals surface area contributed by atoms with Crippen molar-refractivity contribution < 1.29 is 9.53 Å². The van der Waals surface area contributed by atoms with Crippen molar-refractivity contribution in [2.75, 3.05) is 26.2 Å². The fraction of sp³-hybridized carbons (Fsp3) is 0.588. The maximum atomic E-state index is 12.8. The molecular formula is C17H23Cl2NO2. The van der Waals surface area contributed by atoms with Crippen LogP contribution in [0.2, 0.25) is 5.02 Å². The van der Waals surface area contributed by atoms with E-state index in [0.717, 1.165) is 43.8 Å². The summed E-state index contributed by atoms with van der Waals surface area (Å²) in [6, 6.07) is 3.68. The Labute approximate surface area is 143 Å². The Balaban J connectivity index is 0.00000176. The summed E-state index contributed by atoms with van der Waals surface area (Å²) in [4.78, 5) is 15.2. The van der Waals surface area contributed by atoms with Gasteiger partial charge in [0.15, 0.2) is 5.78 Å². The van der Waals surface area contributed by atoms with Crippen molar-refractivity contribution in [2.24, 2.45) is 5.92 Å². The molecule has 22 heavy (non-hydrogen) atoms. The lowest BCUT2D eigenvalue weighted by Gasteiger charge is -2.28. The zero-order valence-electron chi connectivity index (χ0n) is 12.9. The minimum Gasteiger partial charge on any atom is -0.494 e. The molecule has 1 aromatic rings. The van der Waals surface area contributed by atoms with Crippen molar-refractivity contribution in [1.82, 2.24) is 4.90 Å². The number of hydrogen-bond acceptors (Lipinski definition) is 3. The second kappa shape index (κ2) is 7.67. The van der Waals surface area contributed by atoms with Gasteiger partial charge in [0, 0.05) is 23.6 Å². The van der Waals surface area contributed by atoms with Gasteiger partial charge in [-0.15, -0.1) is 12.4 Å². The quantitative estimate of drug-likeness (QED) is 0.827. The first-order chi connectivity index (χ1) is 10.2. The monoisotopic (exact) mass is 343 g/mol. The number of ketones is 1. The lowest BCUT2D eigenvalue weighted by atomic mass is 9.82. The molecule has 0 spiro atoms. The standard InChI is InChI=1S/C17H22ClNO2.ClH/c1-2-21-15-8-7-14(18)16-13(15)6-5-12(17(16)20)11-19-9-3-4-10-19;/h7-8,12H,2-6,9-11H2,1H3;1H. The number of halogens is 2. The van der Waals surface area contributed by atoms with Crippen LogP contribution in [0.1, 0.15) is 42.1 Å². The number of hydrogen-bond donors (Lipinski definition) is 0. The Morgan fingerprint density at radius 3 is 2.73 bits per heavy atom. The van der Waals surface area contributed by atoms with Crippen LogP contribution in [-0.4, -0.2) is 36.9 Å². The molecule has 122 valence electrons. The molecule has 1 fully saturated rings. The summed E-state index contributed by atoms with van der Waals surface area (Å²) in [6.07, 6.45) is 4.30. The molecule has 1 atom stereocenters. The van der Waals surface area contributed by atoms with Crippen molar-refractivity contribution in [1.29, 1.82) is 0 Å². The minimum atomic E-state index is 0. The maximum absolute atomic E-state index is 12.8. The molecule has 0 saturated carbocycles. The van der Waals surface area contributed by atoms with Crippen molar-refractivity contribution in [3.8, 4) is 5.75 Å². The van der Waals surface area contributed by atoms with Crippen LogP contribution in [-0.2, 0) is 6.42 Å². The summed E-state index contributed by atoms with van der Waals surface area (Å²) in [6.45, 7) is 5.71. The summed E-state index contributed by atoms with van der Waals surface area (Å²) in [5.74, 6) is 1.12. The first kappa shape index (κ1) is 17.6. The van der Waals surface area contributed by atoms with Gasteiger partial charge in [-0.05, 0) is 57.8 Å². The highest BCUT2D eigenvalue weighted by Crippen LogP contribution is 2.37. The van der Waals surface area contributed by atoms with Crippen LogP contribution in [0.5, 0.6) is 5.75 Å². The largest absolute Gasteiger partial charge is 0.494 e. The number of Topliss-reactive ketones (excluding diaryl/α,β-unsaturated/α-hetero) is 1. The summed E-state index contributed by atoms with van der Waals surface area (Å²) in [5.41, 5.74) is 1.71. The van der Waals surface area contributed by atoms with E-state index in [4.69, 9.17) is 16.3 Å². The van der Waals surface area contributed by atoms with Crippen LogP contribution in [0.4, 0.5) is 0 Å². The topological polar surface area (TPSA) is 29.5 Å². The summed E-state index contributed by atoms with van der Waals surface area (Å²) in [5, 5.41) is 0.574. The Hall–Kier alpha value is -0.770. The number of nitrogens with zero attached hydrogens (tertiary/aromatic N) is 1. The zero-order valence-corrected chi connectivity index (χ0v) is 14.5. The molecule has 3 rings (SSSR count). The van der Waals surface area contributed by atoms with Gasteiger partial charge in [0.05, 0.1) is 11.6 Å². The number of carbonyl (C=O) groups excluding carboxylic acids is 1. The molecule has 1 aromatic carbocycles. The number of benzene rings is 1. The Morgan fingerprint density at radius 2 is 2.05 bits per heavy atom. The first-order valence-electron chi connectivity index (χ1n) is 7.91. The molecule has 1 heterocycles. The Kier molecular flexibility index (Phi) is 6.13. The summed E-state index contributed by atoms with van der Waals surface area (Å²) >= 11 is 6.30. The van der Waals surface area contributed by atoms with E-state index < -0.39 is 0 Å². The average molecular weight is 344 g/mol. The highest BCUT2D eigenvalue weighted by Gasteiger charge is 2.32. The molecular weight excluding hydrogens is 321 g/mol. The third-order valence-electron chi connectivity index (χ3n) is 4.56. The van der Waals surface area contributed by atoms with Crippen LogP contribution < -0.4 is 4.74 Å². The minimum absolute atomic E-state index is 0. The van der Waals surface area contributed by atoms with Crippen LogP contribution >= 0.6 is 24.0 Å². The van der Waals surface area contributed by atoms with E-state index in [1.54, 1.807) is 6.07 Å². The fourth-order valence-electron chi connectivity index (χ4n) is 3.51. The molecule has 5 heteroatoms. The van der Waals surface area contributed by atoms with Gasteiger partial charge in [0.2, 0.25) is 0 Å². The van der Waals surface area contributed by atoms with E-state index >= 15 is 0 Å². The first-order valence-corrected chi connectivity index (χ1v) is 8.29. The van der Waals surface area contributed by atoms with Crippen molar-refractivity contribution in [2.45, 2.75) is 32.6 Å². The highest BCUT2D eigenvalue weighted by molar-refractivity contribution is 6.34. The molecule has 1 unspecified atom stereocenters. The molecule has 0 bridgehead atoms. The summed E-state index contributed by atoms with van der Waals surface area (Å²) < 4.78 is 5.65. The molecule has 1 saturated heterocycles. The van der Waals surface area contributed by atoms with Gasteiger partial charge in [-0.2, -0.15) is 0 Å². The van der Waals surface area contributed by atoms with Gasteiger partial charge in [0.25, 0.3) is 0 Å². The number of ether oxygens (including phenoxy) is 1. The Morgan fingerprint density at radius 1 is 1.32 bits per heavy atom. The third-order valence-corrected chi connectivity index (χ3v) is 4.87. The van der Waals surface area contributed by atoms with Gasteiger partial charge in [0.1, 0.15) is 5.75 Å². The second-order valence-corrected chi connectivity index (χ2v) is 6.35. The van der Waals surface area contributed by atoms with Crippen LogP contribution in [0.25, 0.3) is 0 Å². The van der Waals surface area contributed by atoms with E-state index in [0.29, 0.717) is 17.2 Å². The normalized spacial score (nSPS) is 21.4. The SMILES string of the molecule is CCOc1ccc(Cl)c2c1CCC(CN1CCCC1)C2=O.Cl. The number of fused-ring (bicyclic) bond motifs is 1. The van der Waals surface area contributed by atoms with Crippen molar-refractivity contribution in [3.63, 3.8) is 0 Å². The van der Waals surface area contributed by atoms with Crippen LogP contribution in [0.3, 0.4) is 0 Å². The van der Waals surface area contributed by atoms with Crippen LogP contribution in [0.15, 0.2) is 12.1 Å². The molecule has 0 N–H and O–H groups in total. The van der Waals surface area contributed by atoms with E-state index in [9.17, 15) is 4.79 Å². The van der Waals surface area contributed by atoms with Crippen molar-refractivity contribution in [3.05, 3.63) is 28.3 Å². The second-order valence-electron chi connectivity index (χ2n) is 5.94. The molecule has 0 radical (unpaired) electrons. The summed E-state index contributed by atoms with van der Waals surface area (Å²) in [7, 11) is 0. The average Bonchev–Trinajstić information content (AvgIpc) is 2.98. The van der Waals surface area contributed by atoms with Gasteiger partial charge < -0.3 is 9.64 Å². The van der Waals surface area contributed by atoms with Gasteiger partial charge in [-0.1, -0.05) is 11.6 Å². The van der Waals surface area contributed by atoms with E-state index in [1.165, 1.54) is 12.8 Å². The van der Waals surface area contributed by atoms with Gasteiger partial charge in [-0.3, -0.25) is 4.79 Å².